The summed E-state index contributed by atoms with van der Waals surface area (Å²) < 4.78 is 0. The van der Waals surface area contributed by atoms with Crippen LogP contribution in [0.1, 0.15) is 12.0 Å². The monoisotopic (exact) mass is 451 g/mol. The lowest BCUT2D eigenvalue weighted by molar-refractivity contribution is -0.136. The summed E-state index contributed by atoms with van der Waals surface area (Å²) in [6.07, 6.45) is 1.58. The number of fused-ring (bicyclic) bond motifs is 3. The minimum atomic E-state index is -0.683. The Labute approximate surface area is 190 Å². The van der Waals surface area contributed by atoms with Crippen molar-refractivity contribution < 1.29 is 14.7 Å². The third-order valence-corrected chi connectivity index (χ3v) is 6.23. The Balaban J connectivity index is 1.61. The maximum atomic E-state index is 13.4. The van der Waals surface area contributed by atoms with Gasteiger partial charge in [0, 0.05) is 32.0 Å². The molecular formula is C23H22ClN5O3. The van der Waals surface area contributed by atoms with Crippen molar-refractivity contribution in [3.8, 4) is 0 Å². The van der Waals surface area contributed by atoms with Gasteiger partial charge < -0.3 is 10.0 Å². The smallest absolute Gasteiger partial charge is 0.328 e. The van der Waals surface area contributed by atoms with Crippen molar-refractivity contribution in [2.45, 2.75) is 18.6 Å². The largest absolute Gasteiger partial charge is 0.396 e. The average Bonchev–Trinajstić information content (AvgIpc) is 3.35. The Morgan fingerprint density at radius 1 is 1.06 bits per heavy atom. The molecule has 2 aromatic rings. The number of nitrogens with zero attached hydrogens (tertiary/aromatic N) is 5. The number of amides is 3. The van der Waals surface area contributed by atoms with Gasteiger partial charge in [0.15, 0.2) is 12.2 Å². The molecule has 0 saturated carbocycles. The summed E-state index contributed by atoms with van der Waals surface area (Å²) in [5.41, 5.74) is 2.53. The zero-order valence-electron chi connectivity index (χ0n) is 17.4. The summed E-state index contributed by atoms with van der Waals surface area (Å²) in [6, 6.07) is 16.2. The number of hydrogen-bond donors (Lipinski definition) is 1. The first-order valence-electron chi connectivity index (χ1n) is 10.4. The highest BCUT2D eigenvalue weighted by Crippen LogP contribution is 2.41. The molecule has 2 atom stereocenters. The number of anilines is 1. The summed E-state index contributed by atoms with van der Waals surface area (Å²) in [5.74, 6) is 0.221. The maximum Gasteiger partial charge on any atom is 0.328 e. The van der Waals surface area contributed by atoms with Gasteiger partial charge in [-0.15, -0.1) is 0 Å². The van der Waals surface area contributed by atoms with Gasteiger partial charge in [0.2, 0.25) is 5.96 Å². The Morgan fingerprint density at radius 3 is 2.50 bits per heavy atom. The molecule has 3 heterocycles. The van der Waals surface area contributed by atoms with Gasteiger partial charge in [0.05, 0.1) is 16.4 Å². The molecule has 3 aliphatic rings. The first-order valence-corrected chi connectivity index (χ1v) is 10.8. The van der Waals surface area contributed by atoms with E-state index < -0.39 is 18.2 Å². The molecule has 2 aromatic carbocycles. The molecule has 3 amide bonds. The van der Waals surface area contributed by atoms with Crippen LogP contribution in [-0.2, 0) is 4.79 Å². The second-order valence-corrected chi connectivity index (χ2v) is 8.23. The fourth-order valence-electron chi connectivity index (χ4n) is 4.35. The second-order valence-electron chi connectivity index (χ2n) is 7.82. The van der Waals surface area contributed by atoms with Gasteiger partial charge in [-0.2, -0.15) is 0 Å². The first kappa shape index (κ1) is 20.5. The molecular weight excluding hydrogens is 430 g/mol. The minimum absolute atomic E-state index is 0.0985. The molecule has 0 radical (unpaired) electrons. The number of rotatable bonds is 5. The van der Waals surface area contributed by atoms with Crippen LogP contribution >= 0.6 is 11.6 Å². The predicted molar refractivity (Wildman–Crippen MR) is 122 cm³/mol. The number of aliphatic hydroxyl groups excluding tert-OH is 1. The van der Waals surface area contributed by atoms with Crippen LogP contribution in [0.4, 0.5) is 10.5 Å². The van der Waals surface area contributed by atoms with E-state index in [0.717, 1.165) is 16.9 Å². The van der Waals surface area contributed by atoms with Crippen LogP contribution in [0, 0.1) is 0 Å². The van der Waals surface area contributed by atoms with Gasteiger partial charge in [0.25, 0.3) is 5.91 Å². The molecule has 32 heavy (non-hydrogen) atoms. The molecule has 1 saturated heterocycles. The van der Waals surface area contributed by atoms with Crippen LogP contribution in [0.3, 0.4) is 0 Å². The summed E-state index contributed by atoms with van der Waals surface area (Å²) in [7, 11) is 1.65. The van der Waals surface area contributed by atoms with E-state index in [4.69, 9.17) is 16.6 Å². The Morgan fingerprint density at radius 2 is 1.78 bits per heavy atom. The van der Waals surface area contributed by atoms with Crippen molar-refractivity contribution in [2.24, 2.45) is 4.99 Å². The number of carbonyl (C=O) groups is 2. The Bertz CT molecular complexity index is 1140. The van der Waals surface area contributed by atoms with E-state index in [2.05, 4.69) is 0 Å². The van der Waals surface area contributed by atoms with E-state index >= 15 is 0 Å². The highest BCUT2D eigenvalue weighted by molar-refractivity contribution is 6.34. The van der Waals surface area contributed by atoms with Crippen molar-refractivity contribution in [3.63, 3.8) is 0 Å². The Hall–Kier alpha value is -3.36. The van der Waals surface area contributed by atoms with Crippen molar-refractivity contribution in [2.75, 3.05) is 25.1 Å². The van der Waals surface area contributed by atoms with E-state index in [9.17, 15) is 14.7 Å². The van der Waals surface area contributed by atoms with Crippen molar-refractivity contribution in [1.82, 2.24) is 14.7 Å². The van der Waals surface area contributed by atoms with Gasteiger partial charge in [-0.05, 0) is 18.6 Å². The molecule has 5 rings (SSSR count). The zero-order valence-corrected chi connectivity index (χ0v) is 18.2. The molecule has 164 valence electrons. The molecule has 8 nitrogen and oxygen atoms in total. The normalized spacial score (nSPS) is 22.2. The number of guanidine groups is 1. The summed E-state index contributed by atoms with van der Waals surface area (Å²) in [6.45, 7) is 0.0626. The van der Waals surface area contributed by atoms with E-state index in [0.29, 0.717) is 17.4 Å². The summed E-state index contributed by atoms with van der Waals surface area (Å²) in [4.78, 5) is 37.4. The second kappa shape index (κ2) is 7.96. The predicted octanol–water partition coefficient (Wildman–Crippen LogP) is 2.80. The highest BCUT2D eigenvalue weighted by Gasteiger charge is 2.54. The SMILES string of the molecule is CN1C(=O)N(CCCO)C(=O)C2C1N=C1N(c3ccccc3Cl)C(c3ccccc3)=CN12. The molecule has 1 N–H and O–H groups in total. The number of hydrogen-bond acceptors (Lipinski definition) is 6. The third kappa shape index (κ3) is 3.06. The van der Waals surface area contributed by atoms with E-state index in [1.54, 1.807) is 7.05 Å². The van der Waals surface area contributed by atoms with E-state index in [-0.39, 0.29) is 19.1 Å². The topological polar surface area (TPSA) is 79.7 Å². The number of likely N-dealkylation sites (N-methyl/N-ethyl adjacent to an activating group) is 1. The standard InChI is InChI=1S/C23H22ClN5O3/c1-26-20-19(21(31)27(23(26)32)12-7-13-30)28-14-18(15-8-3-2-4-9-15)29(22(28)25-20)17-11-6-5-10-16(17)24/h2-6,8-11,14,19-20,30H,7,12-13H2,1H3. The zero-order chi connectivity index (χ0) is 22.4. The Kier molecular flexibility index (Phi) is 5.11. The van der Waals surface area contributed by atoms with Crippen LogP contribution < -0.4 is 4.90 Å². The van der Waals surface area contributed by atoms with Gasteiger partial charge in [-0.3, -0.25) is 19.5 Å². The number of para-hydroxylation sites is 1. The number of urea groups is 1. The van der Waals surface area contributed by atoms with E-state index in [1.165, 1.54) is 9.80 Å². The number of aliphatic imine (C=N–C) groups is 1. The fourth-order valence-corrected chi connectivity index (χ4v) is 4.57. The molecule has 0 bridgehead atoms. The number of imide groups is 1. The number of halogens is 1. The number of aliphatic hydroxyl groups is 1. The number of carbonyl (C=O) groups excluding carboxylic acids is 2. The van der Waals surface area contributed by atoms with Crippen LogP contribution in [-0.4, -0.2) is 70.1 Å². The molecule has 0 aliphatic carbocycles. The summed E-state index contributed by atoms with van der Waals surface area (Å²) >= 11 is 6.56. The third-order valence-electron chi connectivity index (χ3n) is 5.91. The lowest BCUT2D eigenvalue weighted by atomic mass is 10.1. The van der Waals surface area contributed by atoms with Crippen LogP contribution in [0.15, 0.2) is 65.8 Å². The maximum absolute atomic E-state index is 13.4. The summed E-state index contributed by atoms with van der Waals surface area (Å²) in [5, 5.41) is 9.75. The van der Waals surface area contributed by atoms with Crippen LogP contribution in [0.25, 0.3) is 5.70 Å². The first-order chi connectivity index (χ1) is 15.5. The lowest BCUT2D eigenvalue weighted by Crippen LogP contribution is -2.64. The quantitative estimate of drug-likeness (QED) is 0.756. The van der Waals surface area contributed by atoms with Gasteiger partial charge in [-0.1, -0.05) is 54.1 Å². The molecule has 9 heteroatoms. The highest BCUT2D eigenvalue weighted by atomic mass is 35.5. The van der Waals surface area contributed by atoms with Crippen molar-refractivity contribution in [3.05, 3.63) is 71.4 Å². The van der Waals surface area contributed by atoms with Gasteiger partial charge >= 0.3 is 6.03 Å². The molecule has 0 spiro atoms. The van der Waals surface area contributed by atoms with Crippen LogP contribution in [0.5, 0.6) is 0 Å². The van der Waals surface area contributed by atoms with Crippen molar-refractivity contribution in [1.29, 1.82) is 0 Å². The van der Waals surface area contributed by atoms with Crippen molar-refractivity contribution >= 4 is 40.9 Å². The lowest BCUT2D eigenvalue weighted by Gasteiger charge is -2.40. The molecule has 1 fully saturated rings. The minimum Gasteiger partial charge on any atom is -0.396 e. The number of benzene rings is 2. The molecule has 2 unspecified atom stereocenters. The van der Waals surface area contributed by atoms with E-state index in [1.807, 2.05) is 70.6 Å². The fraction of sp³-hybridized carbons (Fsp3) is 0.261. The van der Waals surface area contributed by atoms with Gasteiger partial charge in [-0.25, -0.2) is 9.79 Å². The van der Waals surface area contributed by atoms with Crippen LogP contribution in [0.2, 0.25) is 5.02 Å². The average molecular weight is 452 g/mol. The molecule has 3 aliphatic heterocycles. The molecule has 0 aromatic heterocycles. The van der Waals surface area contributed by atoms with Gasteiger partial charge in [0.1, 0.15) is 0 Å².